The van der Waals surface area contributed by atoms with Crippen LogP contribution < -0.4 is 5.69 Å². The van der Waals surface area contributed by atoms with Gasteiger partial charge in [0.25, 0.3) is 5.91 Å². The summed E-state index contributed by atoms with van der Waals surface area (Å²) in [7, 11) is 1.78. The second-order valence-corrected chi connectivity index (χ2v) is 6.16. The van der Waals surface area contributed by atoms with Crippen LogP contribution in [0.2, 0.25) is 0 Å². The van der Waals surface area contributed by atoms with Crippen LogP contribution in [0.5, 0.6) is 0 Å². The van der Waals surface area contributed by atoms with Crippen LogP contribution >= 0.6 is 11.8 Å². The molecule has 118 valence electrons. The molecular weight excluding hydrogens is 310 g/mol. The molecule has 0 spiro atoms. The standard InChI is InChI=1S/C17H17N3O2S/c1-20(10-12-5-3-4-6-15(12)23-2)16(21)11-7-8-13-14(9-11)19-17(22)18-13/h3-9H,10H2,1-2H3,(H2,18,19,22). The highest BCUT2D eigenvalue weighted by atomic mass is 32.2. The van der Waals surface area contributed by atoms with E-state index >= 15 is 0 Å². The number of carbonyl (C=O) groups is 1. The van der Waals surface area contributed by atoms with Crippen LogP contribution in [-0.4, -0.2) is 34.1 Å². The number of aromatic amines is 2. The smallest absolute Gasteiger partial charge is 0.323 e. The summed E-state index contributed by atoms with van der Waals surface area (Å²) in [6.07, 6.45) is 2.02. The lowest BCUT2D eigenvalue weighted by Gasteiger charge is -2.19. The van der Waals surface area contributed by atoms with Crippen molar-refractivity contribution in [1.29, 1.82) is 0 Å². The van der Waals surface area contributed by atoms with Gasteiger partial charge in [0.15, 0.2) is 0 Å². The maximum atomic E-state index is 12.6. The number of aromatic nitrogens is 2. The van der Waals surface area contributed by atoms with Crippen molar-refractivity contribution >= 4 is 28.7 Å². The van der Waals surface area contributed by atoms with Gasteiger partial charge < -0.3 is 14.9 Å². The number of amides is 1. The first-order valence-electron chi connectivity index (χ1n) is 7.18. The van der Waals surface area contributed by atoms with Gasteiger partial charge in [0.1, 0.15) is 0 Å². The molecule has 3 aromatic rings. The lowest BCUT2D eigenvalue weighted by Crippen LogP contribution is -2.26. The van der Waals surface area contributed by atoms with Crippen molar-refractivity contribution in [3.8, 4) is 0 Å². The minimum absolute atomic E-state index is 0.0788. The lowest BCUT2D eigenvalue weighted by molar-refractivity contribution is 0.0784. The Morgan fingerprint density at radius 1 is 1.13 bits per heavy atom. The molecule has 0 aliphatic carbocycles. The van der Waals surface area contributed by atoms with Gasteiger partial charge in [-0.1, -0.05) is 18.2 Å². The van der Waals surface area contributed by atoms with E-state index in [1.807, 2.05) is 24.5 Å². The molecule has 2 N–H and O–H groups in total. The molecule has 1 heterocycles. The Balaban J connectivity index is 1.84. The van der Waals surface area contributed by atoms with E-state index in [1.54, 1.807) is 41.9 Å². The molecule has 23 heavy (non-hydrogen) atoms. The van der Waals surface area contributed by atoms with Crippen LogP contribution in [0.25, 0.3) is 11.0 Å². The fourth-order valence-electron chi connectivity index (χ4n) is 2.55. The van der Waals surface area contributed by atoms with Crippen molar-refractivity contribution in [1.82, 2.24) is 14.9 Å². The molecule has 0 bridgehead atoms. The van der Waals surface area contributed by atoms with Gasteiger partial charge in [-0.3, -0.25) is 4.79 Å². The molecule has 0 unspecified atom stereocenters. The summed E-state index contributed by atoms with van der Waals surface area (Å²) in [4.78, 5) is 32.1. The number of fused-ring (bicyclic) bond motifs is 1. The van der Waals surface area contributed by atoms with E-state index in [-0.39, 0.29) is 11.6 Å². The summed E-state index contributed by atoms with van der Waals surface area (Å²) in [6.45, 7) is 0.539. The van der Waals surface area contributed by atoms with E-state index < -0.39 is 0 Å². The summed E-state index contributed by atoms with van der Waals surface area (Å²) in [6, 6.07) is 13.2. The normalized spacial score (nSPS) is 10.9. The van der Waals surface area contributed by atoms with Gasteiger partial charge in [-0.05, 0) is 36.1 Å². The lowest BCUT2D eigenvalue weighted by atomic mass is 10.1. The van der Waals surface area contributed by atoms with Crippen molar-refractivity contribution in [2.45, 2.75) is 11.4 Å². The minimum Gasteiger partial charge on any atom is -0.337 e. The molecule has 0 radical (unpaired) electrons. The SMILES string of the molecule is CSc1ccccc1CN(C)C(=O)c1ccc2[nH]c(=O)[nH]c2c1. The highest BCUT2D eigenvalue weighted by Crippen LogP contribution is 2.21. The Bertz CT molecular complexity index is 913. The third kappa shape index (κ3) is 3.17. The zero-order valence-corrected chi connectivity index (χ0v) is 13.7. The largest absolute Gasteiger partial charge is 0.337 e. The number of nitrogens with zero attached hydrogens (tertiary/aromatic N) is 1. The molecule has 0 aliphatic rings. The topological polar surface area (TPSA) is 69.0 Å². The van der Waals surface area contributed by atoms with E-state index in [0.29, 0.717) is 23.1 Å². The van der Waals surface area contributed by atoms with Gasteiger partial charge in [-0.25, -0.2) is 4.79 Å². The van der Waals surface area contributed by atoms with Crippen molar-refractivity contribution in [3.63, 3.8) is 0 Å². The predicted octanol–water partition coefficient (Wildman–Crippen LogP) is 2.85. The van der Waals surface area contributed by atoms with Crippen LogP contribution in [0.1, 0.15) is 15.9 Å². The summed E-state index contributed by atoms with van der Waals surface area (Å²) in [5.41, 5.74) is 2.73. The average Bonchev–Trinajstić information content (AvgIpc) is 2.93. The van der Waals surface area contributed by atoms with Crippen molar-refractivity contribution in [3.05, 3.63) is 64.1 Å². The quantitative estimate of drug-likeness (QED) is 0.724. The van der Waals surface area contributed by atoms with E-state index in [0.717, 1.165) is 10.5 Å². The number of thioether (sulfide) groups is 1. The second kappa shape index (κ2) is 6.34. The molecule has 1 amide bonds. The average molecular weight is 327 g/mol. The van der Waals surface area contributed by atoms with Crippen molar-refractivity contribution in [2.24, 2.45) is 0 Å². The van der Waals surface area contributed by atoms with Crippen molar-refractivity contribution in [2.75, 3.05) is 13.3 Å². The molecule has 0 aliphatic heterocycles. The minimum atomic E-state index is -0.271. The number of nitrogens with one attached hydrogen (secondary N) is 2. The molecule has 3 rings (SSSR count). The van der Waals surface area contributed by atoms with Gasteiger partial charge in [-0.15, -0.1) is 11.8 Å². The maximum Gasteiger partial charge on any atom is 0.323 e. The summed E-state index contributed by atoms with van der Waals surface area (Å²) < 4.78 is 0. The number of benzene rings is 2. The Kier molecular flexibility index (Phi) is 4.25. The fourth-order valence-corrected chi connectivity index (χ4v) is 3.16. The zero-order chi connectivity index (χ0) is 16.4. The Morgan fingerprint density at radius 3 is 2.65 bits per heavy atom. The van der Waals surface area contributed by atoms with Crippen LogP contribution in [0.3, 0.4) is 0 Å². The highest BCUT2D eigenvalue weighted by molar-refractivity contribution is 7.98. The molecule has 0 atom stereocenters. The van der Waals surface area contributed by atoms with Gasteiger partial charge in [0.05, 0.1) is 11.0 Å². The van der Waals surface area contributed by atoms with Crippen LogP contribution in [0, 0.1) is 0 Å². The van der Waals surface area contributed by atoms with E-state index in [4.69, 9.17) is 0 Å². The summed E-state index contributed by atoms with van der Waals surface area (Å²) >= 11 is 1.67. The van der Waals surface area contributed by atoms with Crippen LogP contribution in [0.15, 0.2) is 52.2 Å². The van der Waals surface area contributed by atoms with E-state index in [1.165, 1.54) is 0 Å². The molecule has 0 saturated heterocycles. The molecule has 2 aromatic carbocycles. The first-order valence-corrected chi connectivity index (χ1v) is 8.40. The Labute approximate surface area is 137 Å². The molecule has 0 fully saturated rings. The summed E-state index contributed by atoms with van der Waals surface area (Å²) in [5, 5.41) is 0. The molecule has 6 heteroatoms. The second-order valence-electron chi connectivity index (χ2n) is 5.31. The molecule has 0 saturated carbocycles. The monoisotopic (exact) mass is 327 g/mol. The third-order valence-electron chi connectivity index (χ3n) is 3.71. The van der Waals surface area contributed by atoms with Gasteiger partial charge in [-0.2, -0.15) is 0 Å². The Hall–Kier alpha value is -2.47. The third-order valence-corrected chi connectivity index (χ3v) is 4.55. The first-order chi connectivity index (χ1) is 11.1. The highest BCUT2D eigenvalue weighted by Gasteiger charge is 2.14. The molecular formula is C17H17N3O2S. The number of H-pyrrole nitrogens is 2. The van der Waals surface area contributed by atoms with Gasteiger partial charge in [0.2, 0.25) is 0 Å². The number of hydrogen-bond donors (Lipinski definition) is 2. The number of imidazole rings is 1. The van der Waals surface area contributed by atoms with E-state index in [2.05, 4.69) is 16.0 Å². The predicted molar refractivity (Wildman–Crippen MR) is 92.9 cm³/mol. The van der Waals surface area contributed by atoms with Crippen molar-refractivity contribution < 1.29 is 4.79 Å². The van der Waals surface area contributed by atoms with Crippen LogP contribution in [0.4, 0.5) is 0 Å². The number of hydrogen-bond acceptors (Lipinski definition) is 3. The van der Waals surface area contributed by atoms with E-state index in [9.17, 15) is 9.59 Å². The molecule has 1 aromatic heterocycles. The van der Waals surface area contributed by atoms with Gasteiger partial charge in [0, 0.05) is 24.1 Å². The Morgan fingerprint density at radius 2 is 1.87 bits per heavy atom. The molecule has 5 nitrogen and oxygen atoms in total. The fraction of sp³-hybridized carbons (Fsp3) is 0.176. The first kappa shape index (κ1) is 15.4. The van der Waals surface area contributed by atoms with Gasteiger partial charge >= 0.3 is 5.69 Å². The maximum absolute atomic E-state index is 12.6. The summed E-state index contributed by atoms with van der Waals surface area (Å²) in [5.74, 6) is -0.0788. The number of carbonyl (C=O) groups excluding carboxylic acids is 1. The number of rotatable bonds is 4. The zero-order valence-electron chi connectivity index (χ0n) is 12.9. The van der Waals surface area contributed by atoms with Crippen LogP contribution in [-0.2, 0) is 6.54 Å².